The van der Waals surface area contributed by atoms with Crippen LogP contribution in [0.2, 0.25) is 6.04 Å². The summed E-state index contributed by atoms with van der Waals surface area (Å²) in [6, 6.07) is 0.577. The number of hydrogen-bond acceptors (Lipinski definition) is 5. The Bertz CT molecular complexity index is 226. The molecule has 0 aliphatic rings. The second kappa shape index (κ2) is 9.04. The molecule has 116 valence electrons. The summed E-state index contributed by atoms with van der Waals surface area (Å²) >= 11 is 0. The van der Waals surface area contributed by atoms with Gasteiger partial charge in [0, 0.05) is 26.9 Å². The van der Waals surface area contributed by atoms with Crippen molar-refractivity contribution in [3.05, 3.63) is 0 Å². The molecule has 0 aliphatic carbocycles. The second-order valence-corrected chi connectivity index (χ2v) is 8.46. The predicted molar refractivity (Wildman–Crippen MR) is 77.2 cm³/mol. The van der Waals surface area contributed by atoms with Crippen LogP contribution in [0, 0.1) is 0 Å². The predicted octanol–water partition coefficient (Wildman–Crippen LogP) is 2.21. The van der Waals surface area contributed by atoms with Crippen LogP contribution in [0.25, 0.3) is 0 Å². The first-order chi connectivity index (χ1) is 8.78. The fraction of sp³-hybridized carbons (Fsp3) is 1.00. The highest BCUT2D eigenvalue weighted by molar-refractivity contribution is 6.60. The van der Waals surface area contributed by atoms with Crippen molar-refractivity contribution >= 4 is 8.80 Å². The maximum absolute atomic E-state index is 9.86. The van der Waals surface area contributed by atoms with Crippen molar-refractivity contribution in [1.29, 1.82) is 0 Å². The van der Waals surface area contributed by atoms with Crippen molar-refractivity contribution in [2.75, 3.05) is 27.4 Å². The molecule has 0 fully saturated rings. The zero-order valence-electron chi connectivity index (χ0n) is 13.2. The molecule has 0 radical (unpaired) electrons. The Kier molecular flexibility index (Phi) is 9.05. The van der Waals surface area contributed by atoms with Crippen LogP contribution < -0.4 is 0 Å². The highest BCUT2D eigenvalue weighted by Gasteiger charge is 2.42. The van der Waals surface area contributed by atoms with E-state index in [9.17, 15) is 5.11 Å². The smallest absolute Gasteiger partial charge is 0.391 e. The van der Waals surface area contributed by atoms with Gasteiger partial charge in [-0.05, 0) is 33.6 Å². The molecule has 0 aliphatic heterocycles. The van der Waals surface area contributed by atoms with Crippen LogP contribution in [-0.4, -0.2) is 53.0 Å². The van der Waals surface area contributed by atoms with Gasteiger partial charge in [0.05, 0.1) is 18.3 Å². The van der Waals surface area contributed by atoms with E-state index in [1.165, 1.54) is 0 Å². The molecule has 1 unspecified atom stereocenters. The normalized spacial score (nSPS) is 14.7. The van der Waals surface area contributed by atoms with Crippen molar-refractivity contribution in [2.24, 2.45) is 0 Å². The summed E-state index contributed by atoms with van der Waals surface area (Å²) < 4.78 is 22.2. The molecule has 19 heavy (non-hydrogen) atoms. The lowest BCUT2D eigenvalue weighted by molar-refractivity contribution is 0.00642. The van der Waals surface area contributed by atoms with Gasteiger partial charge < -0.3 is 23.1 Å². The molecule has 6 heteroatoms. The Balaban J connectivity index is 4.27. The molecule has 1 N–H and O–H groups in total. The summed E-state index contributed by atoms with van der Waals surface area (Å²) in [7, 11) is 0.493. The van der Waals surface area contributed by atoms with E-state index in [1.807, 2.05) is 27.7 Å². The average Bonchev–Trinajstić information content (AvgIpc) is 2.33. The maximum atomic E-state index is 9.86. The Hall–Kier alpha value is 0.0169. The molecule has 0 saturated heterocycles. The molecule has 0 amide bonds. The van der Waals surface area contributed by atoms with E-state index >= 15 is 0 Å². The first-order valence-corrected chi connectivity index (χ1v) is 8.78. The van der Waals surface area contributed by atoms with E-state index in [4.69, 9.17) is 18.0 Å². The van der Waals surface area contributed by atoms with Gasteiger partial charge in [-0.1, -0.05) is 6.92 Å². The highest BCUT2D eigenvalue weighted by atomic mass is 28.4. The monoisotopic (exact) mass is 294 g/mol. The molecule has 5 nitrogen and oxygen atoms in total. The van der Waals surface area contributed by atoms with Gasteiger partial charge in [-0.3, -0.25) is 0 Å². The number of aliphatic hydroxyl groups excluding tert-OH is 1. The van der Waals surface area contributed by atoms with Crippen molar-refractivity contribution in [1.82, 2.24) is 0 Å². The molecule has 0 aromatic rings. The lowest BCUT2D eigenvalue weighted by Crippen LogP contribution is -2.49. The Morgan fingerprint density at radius 3 is 2.16 bits per heavy atom. The van der Waals surface area contributed by atoms with Crippen molar-refractivity contribution < 1.29 is 23.1 Å². The minimum atomic E-state index is -2.70. The summed E-state index contributed by atoms with van der Waals surface area (Å²) in [5.41, 5.74) is -0.331. The minimum absolute atomic E-state index is 0.331. The Morgan fingerprint density at radius 1 is 1.16 bits per heavy atom. The van der Waals surface area contributed by atoms with Gasteiger partial charge in [0.25, 0.3) is 0 Å². The quantitative estimate of drug-likeness (QED) is 0.494. The summed E-state index contributed by atoms with van der Waals surface area (Å²) in [6.45, 7) is 8.96. The Labute approximate surface area is 118 Å². The van der Waals surface area contributed by atoms with Crippen LogP contribution in [0.3, 0.4) is 0 Å². The molecule has 0 saturated carbocycles. The van der Waals surface area contributed by atoms with Crippen LogP contribution in [0.4, 0.5) is 0 Å². The van der Waals surface area contributed by atoms with Crippen molar-refractivity contribution in [3.63, 3.8) is 0 Å². The summed E-state index contributed by atoms with van der Waals surface area (Å²) in [4.78, 5) is 0. The third-order valence-electron chi connectivity index (χ3n) is 2.53. The van der Waals surface area contributed by atoms with Gasteiger partial charge in [0.1, 0.15) is 0 Å². The first kappa shape index (κ1) is 19.0. The minimum Gasteiger partial charge on any atom is -0.391 e. The molecule has 0 rings (SSSR count). The van der Waals surface area contributed by atoms with Crippen LogP contribution in [-0.2, 0) is 18.0 Å². The van der Waals surface area contributed by atoms with Gasteiger partial charge in [-0.25, -0.2) is 0 Å². The SMILES string of the molecule is CCCOCC(O)CC[Si](OC)(OC)OC(C)(C)C. The largest absolute Gasteiger partial charge is 0.500 e. The topological polar surface area (TPSA) is 57.2 Å². The molecule has 0 spiro atoms. The number of rotatable bonds is 10. The van der Waals surface area contributed by atoms with E-state index in [2.05, 4.69) is 0 Å². The molecular formula is C13H30O5Si. The Morgan fingerprint density at radius 2 is 1.74 bits per heavy atom. The van der Waals surface area contributed by atoms with Crippen LogP contribution in [0.5, 0.6) is 0 Å². The lowest BCUT2D eigenvalue weighted by Gasteiger charge is -2.34. The third-order valence-corrected chi connectivity index (χ3v) is 5.59. The van der Waals surface area contributed by atoms with Gasteiger partial charge in [0.2, 0.25) is 0 Å². The fourth-order valence-electron chi connectivity index (χ4n) is 1.68. The van der Waals surface area contributed by atoms with Crippen molar-refractivity contribution in [3.8, 4) is 0 Å². The van der Waals surface area contributed by atoms with Crippen LogP contribution in [0.1, 0.15) is 40.5 Å². The number of aliphatic hydroxyl groups is 1. The van der Waals surface area contributed by atoms with Gasteiger partial charge in [-0.2, -0.15) is 0 Å². The second-order valence-electron chi connectivity index (χ2n) is 5.57. The zero-order valence-corrected chi connectivity index (χ0v) is 14.2. The molecule has 1 atom stereocenters. The molecule has 0 aromatic heterocycles. The zero-order chi connectivity index (χ0) is 14.9. The van der Waals surface area contributed by atoms with Crippen LogP contribution >= 0.6 is 0 Å². The molecular weight excluding hydrogens is 264 g/mol. The fourth-order valence-corrected chi connectivity index (χ4v) is 4.14. The lowest BCUT2D eigenvalue weighted by atomic mass is 10.2. The summed E-state index contributed by atoms with van der Waals surface area (Å²) in [6.07, 6.45) is 0.995. The standard InChI is InChI=1S/C13H30O5Si/c1-7-9-17-11-12(14)8-10-19(15-5,16-6)18-13(2,3)4/h12,14H,7-11H2,1-6H3. The molecule has 0 aromatic carbocycles. The molecule has 0 heterocycles. The van der Waals surface area contributed by atoms with E-state index in [1.54, 1.807) is 14.2 Å². The van der Waals surface area contributed by atoms with Crippen LogP contribution in [0.15, 0.2) is 0 Å². The average molecular weight is 294 g/mol. The molecule has 0 bridgehead atoms. The van der Waals surface area contributed by atoms with E-state index in [-0.39, 0.29) is 5.60 Å². The number of ether oxygens (including phenoxy) is 1. The van der Waals surface area contributed by atoms with E-state index in [0.29, 0.717) is 25.7 Å². The number of hydrogen-bond donors (Lipinski definition) is 1. The summed E-state index contributed by atoms with van der Waals surface area (Å²) in [5, 5.41) is 9.86. The summed E-state index contributed by atoms with van der Waals surface area (Å²) in [5.74, 6) is 0. The highest BCUT2D eigenvalue weighted by Crippen LogP contribution is 2.24. The maximum Gasteiger partial charge on any atom is 0.500 e. The van der Waals surface area contributed by atoms with Gasteiger partial charge in [0.15, 0.2) is 0 Å². The van der Waals surface area contributed by atoms with Crippen molar-refractivity contribution in [2.45, 2.75) is 58.3 Å². The van der Waals surface area contributed by atoms with E-state index < -0.39 is 14.9 Å². The third kappa shape index (κ3) is 8.72. The van der Waals surface area contributed by atoms with E-state index in [0.717, 1.165) is 6.42 Å². The first-order valence-electron chi connectivity index (χ1n) is 6.85. The van der Waals surface area contributed by atoms with Gasteiger partial charge in [-0.15, -0.1) is 0 Å². The van der Waals surface area contributed by atoms with Gasteiger partial charge >= 0.3 is 8.80 Å².